The number of carboxylic acids is 1. The second-order valence-electron chi connectivity index (χ2n) is 4.28. The number of likely N-dealkylation sites (tertiary alicyclic amines) is 1. The molecule has 1 aromatic rings. The highest BCUT2D eigenvalue weighted by atomic mass is 16.5. The van der Waals surface area contributed by atoms with E-state index in [2.05, 4.69) is 0 Å². The van der Waals surface area contributed by atoms with Crippen molar-refractivity contribution in [1.29, 1.82) is 5.26 Å². The van der Waals surface area contributed by atoms with Gasteiger partial charge in [-0.25, -0.2) is 0 Å². The first-order valence-corrected chi connectivity index (χ1v) is 5.77. The van der Waals surface area contributed by atoms with Crippen LogP contribution in [0.2, 0.25) is 0 Å². The number of carbonyl (C=O) groups is 1. The van der Waals surface area contributed by atoms with Gasteiger partial charge >= 0.3 is 5.97 Å². The fraction of sp³-hybridized carbons (Fsp3) is 0.385. The molecule has 1 heterocycles. The molecule has 1 aliphatic heterocycles. The summed E-state index contributed by atoms with van der Waals surface area (Å²) in [7, 11) is 0. The van der Waals surface area contributed by atoms with E-state index in [-0.39, 0.29) is 5.92 Å². The zero-order valence-electron chi connectivity index (χ0n) is 9.87. The lowest BCUT2D eigenvalue weighted by atomic mass is 10.0. The van der Waals surface area contributed by atoms with E-state index in [1.165, 1.54) is 0 Å². The van der Waals surface area contributed by atoms with Gasteiger partial charge in [0.15, 0.2) is 0 Å². The van der Waals surface area contributed by atoms with Crippen LogP contribution in [0.4, 0.5) is 0 Å². The zero-order chi connectivity index (χ0) is 13.0. The van der Waals surface area contributed by atoms with Gasteiger partial charge in [0.25, 0.3) is 0 Å². The van der Waals surface area contributed by atoms with Gasteiger partial charge in [0.2, 0.25) is 0 Å². The highest BCUT2D eigenvalue weighted by Gasteiger charge is 2.31. The molecule has 0 atom stereocenters. The Morgan fingerprint density at radius 1 is 1.44 bits per heavy atom. The van der Waals surface area contributed by atoms with Crippen molar-refractivity contribution >= 4 is 5.97 Å². The summed E-state index contributed by atoms with van der Waals surface area (Å²) >= 11 is 0. The molecule has 1 fully saturated rings. The van der Waals surface area contributed by atoms with E-state index in [0.717, 1.165) is 12.3 Å². The summed E-state index contributed by atoms with van der Waals surface area (Å²) in [4.78, 5) is 12.6. The number of hydrogen-bond acceptors (Lipinski definition) is 4. The van der Waals surface area contributed by atoms with E-state index in [1.54, 1.807) is 24.3 Å². The molecule has 0 bridgehead atoms. The molecule has 0 saturated carbocycles. The summed E-state index contributed by atoms with van der Waals surface area (Å²) in [6.45, 7) is 2.46. The molecular weight excluding hydrogens is 232 g/mol. The third-order valence-electron chi connectivity index (χ3n) is 2.97. The van der Waals surface area contributed by atoms with Crippen LogP contribution in [0.5, 0.6) is 5.75 Å². The van der Waals surface area contributed by atoms with Gasteiger partial charge in [-0.3, -0.25) is 9.69 Å². The minimum Gasteiger partial charge on any atom is -0.492 e. The first-order chi connectivity index (χ1) is 8.69. The Hall–Kier alpha value is -2.06. The van der Waals surface area contributed by atoms with Crippen molar-refractivity contribution in [3.05, 3.63) is 29.8 Å². The monoisotopic (exact) mass is 246 g/mol. The van der Waals surface area contributed by atoms with Crippen LogP contribution in [0.1, 0.15) is 5.56 Å². The smallest absolute Gasteiger partial charge is 0.309 e. The molecular formula is C13H14N2O3. The Balaban J connectivity index is 1.67. The summed E-state index contributed by atoms with van der Waals surface area (Å²) in [5, 5.41) is 17.4. The highest BCUT2D eigenvalue weighted by Crippen LogP contribution is 2.16. The van der Waals surface area contributed by atoms with Crippen LogP contribution in [0, 0.1) is 17.2 Å². The van der Waals surface area contributed by atoms with E-state index < -0.39 is 5.97 Å². The van der Waals surface area contributed by atoms with E-state index in [9.17, 15) is 4.79 Å². The topological polar surface area (TPSA) is 73.6 Å². The number of benzene rings is 1. The van der Waals surface area contributed by atoms with Crippen LogP contribution < -0.4 is 4.74 Å². The molecule has 5 heteroatoms. The third kappa shape index (κ3) is 2.99. The van der Waals surface area contributed by atoms with E-state index >= 15 is 0 Å². The van der Waals surface area contributed by atoms with Gasteiger partial charge in [0.05, 0.1) is 17.6 Å². The lowest BCUT2D eigenvalue weighted by Crippen LogP contribution is -2.51. The van der Waals surface area contributed by atoms with Gasteiger partial charge in [-0.2, -0.15) is 5.26 Å². The number of ether oxygens (including phenoxy) is 1. The Labute approximate surface area is 105 Å². The molecule has 5 nitrogen and oxygen atoms in total. The summed E-state index contributed by atoms with van der Waals surface area (Å²) < 4.78 is 5.51. The van der Waals surface area contributed by atoms with E-state index in [0.29, 0.717) is 25.3 Å². The molecule has 0 amide bonds. The lowest BCUT2D eigenvalue weighted by Gasteiger charge is -2.36. The predicted octanol–water partition coefficient (Wildman–Crippen LogP) is 0.953. The predicted molar refractivity (Wildman–Crippen MR) is 64.2 cm³/mol. The molecule has 0 unspecified atom stereocenters. The van der Waals surface area contributed by atoms with Crippen LogP contribution >= 0.6 is 0 Å². The Kier molecular flexibility index (Phi) is 3.80. The normalized spacial score (nSPS) is 15.7. The maximum absolute atomic E-state index is 10.6. The molecule has 94 valence electrons. The molecule has 2 rings (SSSR count). The number of aliphatic carboxylic acids is 1. The van der Waals surface area contributed by atoms with Crippen molar-refractivity contribution < 1.29 is 14.6 Å². The van der Waals surface area contributed by atoms with E-state index in [4.69, 9.17) is 15.1 Å². The van der Waals surface area contributed by atoms with Gasteiger partial charge in [0, 0.05) is 19.6 Å². The molecule has 0 spiro atoms. The Morgan fingerprint density at radius 3 is 2.67 bits per heavy atom. The third-order valence-corrected chi connectivity index (χ3v) is 2.97. The van der Waals surface area contributed by atoms with Gasteiger partial charge in [-0.1, -0.05) is 0 Å². The van der Waals surface area contributed by atoms with Crippen molar-refractivity contribution in [2.45, 2.75) is 0 Å². The maximum Gasteiger partial charge on any atom is 0.309 e. The fourth-order valence-corrected chi connectivity index (χ4v) is 1.83. The van der Waals surface area contributed by atoms with Crippen molar-refractivity contribution in [3.63, 3.8) is 0 Å². The molecule has 18 heavy (non-hydrogen) atoms. The lowest BCUT2D eigenvalue weighted by molar-refractivity contribution is -0.147. The average molecular weight is 246 g/mol. The van der Waals surface area contributed by atoms with Gasteiger partial charge < -0.3 is 9.84 Å². The Bertz CT molecular complexity index is 458. The van der Waals surface area contributed by atoms with Crippen LogP contribution in [0.25, 0.3) is 0 Å². The van der Waals surface area contributed by atoms with Crippen molar-refractivity contribution in [1.82, 2.24) is 4.90 Å². The van der Waals surface area contributed by atoms with Crippen molar-refractivity contribution in [2.24, 2.45) is 5.92 Å². The first-order valence-electron chi connectivity index (χ1n) is 5.77. The fourth-order valence-electron chi connectivity index (χ4n) is 1.83. The van der Waals surface area contributed by atoms with Crippen LogP contribution in [0.15, 0.2) is 24.3 Å². The molecule has 1 aromatic carbocycles. The molecule has 1 saturated heterocycles. The Morgan fingerprint density at radius 2 is 2.11 bits per heavy atom. The molecule has 0 aliphatic carbocycles. The summed E-state index contributed by atoms with van der Waals surface area (Å²) in [6.07, 6.45) is 0. The second kappa shape index (κ2) is 5.52. The summed E-state index contributed by atoms with van der Waals surface area (Å²) in [6, 6.07) is 8.98. The molecule has 1 aliphatic rings. The van der Waals surface area contributed by atoms with Gasteiger partial charge in [0.1, 0.15) is 12.4 Å². The molecule has 1 N–H and O–H groups in total. The minimum absolute atomic E-state index is 0.222. The standard InChI is InChI=1S/C13H14N2O3/c14-7-10-1-3-12(4-2-10)18-6-5-15-8-11(9-15)13(16)17/h1-4,11H,5-6,8-9H2,(H,16,17). The molecule has 0 radical (unpaired) electrons. The zero-order valence-corrected chi connectivity index (χ0v) is 9.87. The average Bonchev–Trinajstić information content (AvgIpc) is 2.32. The summed E-state index contributed by atoms with van der Waals surface area (Å²) in [5.41, 5.74) is 0.606. The largest absolute Gasteiger partial charge is 0.492 e. The van der Waals surface area contributed by atoms with Crippen LogP contribution in [-0.2, 0) is 4.79 Å². The number of nitrogens with zero attached hydrogens (tertiary/aromatic N) is 2. The number of nitriles is 1. The number of carboxylic acid groups (broad SMARTS) is 1. The molecule has 0 aromatic heterocycles. The SMILES string of the molecule is N#Cc1ccc(OCCN2CC(C(=O)O)C2)cc1. The minimum atomic E-state index is -0.723. The van der Waals surface area contributed by atoms with Crippen molar-refractivity contribution in [3.8, 4) is 11.8 Å². The maximum atomic E-state index is 10.6. The first kappa shape index (κ1) is 12.4. The second-order valence-corrected chi connectivity index (χ2v) is 4.28. The van der Waals surface area contributed by atoms with Gasteiger partial charge in [-0.05, 0) is 24.3 Å². The summed E-state index contributed by atoms with van der Waals surface area (Å²) in [5.74, 6) is -0.219. The number of hydrogen-bond donors (Lipinski definition) is 1. The van der Waals surface area contributed by atoms with Crippen LogP contribution in [-0.4, -0.2) is 42.2 Å². The highest BCUT2D eigenvalue weighted by molar-refractivity contribution is 5.71. The number of rotatable bonds is 5. The van der Waals surface area contributed by atoms with Gasteiger partial charge in [-0.15, -0.1) is 0 Å². The van der Waals surface area contributed by atoms with Crippen LogP contribution in [0.3, 0.4) is 0 Å². The van der Waals surface area contributed by atoms with E-state index in [1.807, 2.05) is 11.0 Å². The van der Waals surface area contributed by atoms with Crippen molar-refractivity contribution in [2.75, 3.05) is 26.2 Å². The quantitative estimate of drug-likeness (QED) is 0.837.